The van der Waals surface area contributed by atoms with Crippen LogP contribution in [0.1, 0.15) is 19.4 Å². The van der Waals surface area contributed by atoms with Crippen molar-refractivity contribution in [1.29, 1.82) is 0 Å². The normalized spacial score (nSPS) is 10.2. The second kappa shape index (κ2) is 6.61. The molecule has 0 atom stereocenters. The van der Waals surface area contributed by atoms with Crippen LogP contribution in [0, 0.1) is 0 Å². The van der Waals surface area contributed by atoms with Crippen LogP contribution in [0.5, 0.6) is 11.5 Å². The van der Waals surface area contributed by atoms with E-state index in [9.17, 15) is 0 Å². The molecule has 0 aromatic heterocycles. The van der Waals surface area contributed by atoms with E-state index in [-0.39, 0.29) is 0 Å². The van der Waals surface area contributed by atoms with Crippen molar-refractivity contribution in [1.82, 2.24) is 0 Å². The highest BCUT2D eigenvalue weighted by Crippen LogP contribution is 2.33. The molecule has 4 heteroatoms. The van der Waals surface area contributed by atoms with E-state index in [0.29, 0.717) is 30.5 Å². The van der Waals surface area contributed by atoms with Crippen LogP contribution in [-0.4, -0.2) is 19.8 Å². The summed E-state index contributed by atoms with van der Waals surface area (Å²) in [6, 6.07) is 3.70. The van der Waals surface area contributed by atoms with E-state index in [1.165, 1.54) is 0 Å². The minimum absolute atomic E-state index is 0.569. The largest absolute Gasteiger partial charge is 0.490 e. The molecule has 1 aromatic carbocycles. The molecule has 0 saturated heterocycles. The molecule has 0 fully saturated rings. The molecule has 0 aliphatic carbocycles. The Bertz CT molecular complexity index is 342. The van der Waals surface area contributed by atoms with Gasteiger partial charge >= 0.3 is 0 Å². The molecular weight excluding hydrogens is 226 g/mol. The van der Waals surface area contributed by atoms with Crippen LogP contribution in [0.15, 0.2) is 12.1 Å². The molecule has 0 unspecified atom stereocenters. The lowest BCUT2D eigenvalue weighted by Crippen LogP contribution is -2.05. The van der Waals surface area contributed by atoms with E-state index in [1.807, 2.05) is 19.9 Å². The molecule has 0 heterocycles. The van der Waals surface area contributed by atoms with Crippen LogP contribution >= 0.6 is 11.6 Å². The van der Waals surface area contributed by atoms with Crippen LogP contribution in [0.25, 0.3) is 0 Å². The maximum Gasteiger partial charge on any atom is 0.162 e. The van der Waals surface area contributed by atoms with Gasteiger partial charge in [0.05, 0.1) is 13.2 Å². The first-order chi connectivity index (χ1) is 7.72. The zero-order valence-electron chi connectivity index (χ0n) is 9.75. The third-order valence-electron chi connectivity index (χ3n) is 2.13. The fourth-order valence-electron chi connectivity index (χ4n) is 1.46. The third-order valence-corrected chi connectivity index (χ3v) is 2.48. The van der Waals surface area contributed by atoms with Gasteiger partial charge in [0.1, 0.15) is 0 Å². The van der Waals surface area contributed by atoms with Crippen LogP contribution in [0.2, 0.25) is 5.02 Å². The molecule has 0 aliphatic heterocycles. The number of halogens is 1. The Kier molecular flexibility index (Phi) is 5.43. The zero-order chi connectivity index (χ0) is 12.0. The van der Waals surface area contributed by atoms with Crippen LogP contribution in [-0.2, 0) is 6.42 Å². The summed E-state index contributed by atoms with van der Waals surface area (Å²) in [5.74, 6) is 1.42. The first-order valence-corrected chi connectivity index (χ1v) is 5.88. The number of hydrogen-bond donors (Lipinski definition) is 1. The lowest BCUT2D eigenvalue weighted by molar-refractivity contribution is 0.287. The van der Waals surface area contributed by atoms with Crippen molar-refractivity contribution in [3.05, 3.63) is 22.7 Å². The molecule has 0 saturated carbocycles. The Morgan fingerprint density at radius 3 is 2.19 bits per heavy atom. The minimum Gasteiger partial charge on any atom is -0.490 e. The highest BCUT2D eigenvalue weighted by molar-refractivity contribution is 6.31. The van der Waals surface area contributed by atoms with Gasteiger partial charge in [-0.05, 0) is 38.4 Å². The van der Waals surface area contributed by atoms with E-state index in [4.69, 9.17) is 26.8 Å². The summed E-state index contributed by atoms with van der Waals surface area (Å²) < 4.78 is 11.0. The fourth-order valence-corrected chi connectivity index (χ4v) is 1.71. The number of nitrogens with two attached hydrogens (primary N) is 1. The standard InChI is InChI=1S/C12H18ClNO2/c1-3-15-11-7-9(5-6-14)10(13)8-12(11)16-4-2/h7-8H,3-6,14H2,1-2H3. The van der Waals surface area contributed by atoms with E-state index in [2.05, 4.69) is 0 Å². The Balaban J connectivity index is 3.03. The van der Waals surface area contributed by atoms with E-state index in [0.717, 1.165) is 17.7 Å². The van der Waals surface area contributed by atoms with Crippen molar-refractivity contribution in [3.63, 3.8) is 0 Å². The highest BCUT2D eigenvalue weighted by atomic mass is 35.5. The van der Waals surface area contributed by atoms with Crippen molar-refractivity contribution in [2.45, 2.75) is 20.3 Å². The third kappa shape index (κ3) is 3.29. The summed E-state index contributed by atoms with van der Waals surface area (Å²) in [6.45, 7) is 5.63. The average Bonchev–Trinajstić information content (AvgIpc) is 2.25. The lowest BCUT2D eigenvalue weighted by atomic mass is 10.1. The van der Waals surface area contributed by atoms with Gasteiger partial charge in [-0.2, -0.15) is 0 Å². The highest BCUT2D eigenvalue weighted by Gasteiger charge is 2.10. The van der Waals surface area contributed by atoms with Gasteiger partial charge in [-0.25, -0.2) is 0 Å². The van der Waals surface area contributed by atoms with Crippen LogP contribution < -0.4 is 15.2 Å². The number of hydrogen-bond acceptors (Lipinski definition) is 3. The van der Waals surface area contributed by atoms with E-state index >= 15 is 0 Å². The Hall–Kier alpha value is -0.930. The number of rotatable bonds is 6. The Morgan fingerprint density at radius 1 is 1.12 bits per heavy atom. The van der Waals surface area contributed by atoms with Gasteiger partial charge < -0.3 is 15.2 Å². The molecule has 1 aromatic rings. The van der Waals surface area contributed by atoms with E-state index in [1.54, 1.807) is 6.07 Å². The second-order valence-corrected chi connectivity index (χ2v) is 3.70. The molecule has 2 N–H and O–H groups in total. The van der Waals surface area contributed by atoms with Gasteiger partial charge in [-0.3, -0.25) is 0 Å². The predicted octanol–water partition coefficient (Wildman–Crippen LogP) is 2.64. The van der Waals surface area contributed by atoms with E-state index < -0.39 is 0 Å². The fraction of sp³-hybridized carbons (Fsp3) is 0.500. The van der Waals surface area contributed by atoms with Gasteiger partial charge in [0.25, 0.3) is 0 Å². The molecule has 0 aliphatic rings. The summed E-state index contributed by atoms with van der Waals surface area (Å²) in [6.07, 6.45) is 0.741. The van der Waals surface area contributed by atoms with Crippen LogP contribution in [0.3, 0.4) is 0 Å². The number of ether oxygens (including phenoxy) is 2. The minimum atomic E-state index is 0.569. The molecule has 0 amide bonds. The first kappa shape index (κ1) is 13.1. The SMILES string of the molecule is CCOc1cc(Cl)c(CCN)cc1OCC. The molecule has 90 valence electrons. The van der Waals surface area contributed by atoms with Crippen molar-refractivity contribution in [2.75, 3.05) is 19.8 Å². The lowest BCUT2D eigenvalue weighted by Gasteiger charge is -2.13. The predicted molar refractivity (Wildman–Crippen MR) is 66.5 cm³/mol. The average molecular weight is 244 g/mol. The maximum atomic E-state index is 6.12. The monoisotopic (exact) mass is 243 g/mol. The second-order valence-electron chi connectivity index (χ2n) is 3.30. The number of benzene rings is 1. The molecule has 1 rings (SSSR count). The summed E-state index contributed by atoms with van der Waals surface area (Å²) in [5, 5.41) is 0.678. The van der Waals surface area contributed by atoms with Gasteiger partial charge in [0.2, 0.25) is 0 Å². The summed E-state index contributed by atoms with van der Waals surface area (Å²) in [7, 11) is 0. The first-order valence-electron chi connectivity index (χ1n) is 5.51. The molecule has 0 spiro atoms. The maximum absolute atomic E-state index is 6.12. The van der Waals surface area contributed by atoms with Crippen molar-refractivity contribution in [2.24, 2.45) is 5.73 Å². The quantitative estimate of drug-likeness (QED) is 0.836. The van der Waals surface area contributed by atoms with Crippen molar-refractivity contribution < 1.29 is 9.47 Å². The molecule has 3 nitrogen and oxygen atoms in total. The van der Waals surface area contributed by atoms with Gasteiger partial charge in [0.15, 0.2) is 11.5 Å². The van der Waals surface area contributed by atoms with Gasteiger partial charge in [-0.1, -0.05) is 11.6 Å². The van der Waals surface area contributed by atoms with Crippen LogP contribution in [0.4, 0.5) is 0 Å². The van der Waals surface area contributed by atoms with Crippen molar-refractivity contribution >= 4 is 11.6 Å². The molecule has 0 radical (unpaired) electrons. The van der Waals surface area contributed by atoms with Gasteiger partial charge in [0, 0.05) is 11.1 Å². The van der Waals surface area contributed by atoms with Gasteiger partial charge in [-0.15, -0.1) is 0 Å². The smallest absolute Gasteiger partial charge is 0.162 e. The Morgan fingerprint density at radius 2 is 1.69 bits per heavy atom. The summed E-state index contributed by atoms with van der Waals surface area (Å²) in [4.78, 5) is 0. The summed E-state index contributed by atoms with van der Waals surface area (Å²) in [5.41, 5.74) is 6.52. The zero-order valence-corrected chi connectivity index (χ0v) is 10.5. The molecule has 0 bridgehead atoms. The topological polar surface area (TPSA) is 44.5 Å². The summed E-state index contributed by atoms with van der Waals surface area (Å²) >= 11 is 6.12. The Labute approximate surface area is 101 Å². The van der Waals surface area contributed by atoms with Crippen molar-refractivity contribution in [3.8, 4) is 11.5 Å². The molecular formula is C12H18ClNO2. The molecule has 16 heavy (non-hydrogen) atoms.